The van der Waals surface area contributed by atoms with E-state index in [0.29, 0.717) is 19.5 Å². The maximum Gasteiger partial charge on any atom is 0.329 e. The van der Waals surface area contributed by atoms with Crippen LogP contribution in [0.4, 0.5) is 0 Å². The maximum absolute atomic E-state index is 12.2. The third-order valence-corrected chi connectivity index (χ3v) is 3.79. The van der Waals surface area contributed by atoms with Gasteiger partial charge < -0.3 is 14.7 Å². The van der Waals surface area contributed by atoms with Gasteiger partial charge in [-0.25, -0.2) is 4.79 Å². The summed E-state index contributed by atoms with van der Waals surface area (Å²) in [6.07, 6.45) is 0.378. The quantitative estimate of drug-likeness (QED) is 0.894. The van der Waals surface area contributed by atoms with Gasteiger partial charge in [-0.3, -0.25) is 4.79 Å². The Kier molecular flexibility index (Phi) is 4.32. The Bertz CT molecular complexity index is 561. The molecule has 1 aliphatic rings. The Morgan fingerprint density at radius 2 is 2.00 bits per heavy atom. The van der Waals surface area contributed by atoms with Crippen molar-refractivity contribution in [2.75, 3.05) is 19.7 Å². The Morgan fingerprint density at radius 1 is 1.33 bits per heavy atom. The lowest BCUT2D eigenvalue weighted by Crippen LogP contribution is -2.63. The summed E-state index contributed by atoms with van der Waals surface area (Å²) < 4.78 is 5.31. The minimum Gasteiger partial charge on any atom is -0.480 e. The number of aryl methyl sites for hydroxylation is 2. The molecule has 1 saturated heterocycles. The molecule has 0 radical (unpaired) electrons. The van der Waals surface area contributed by atoms with Crippen LogP contribution in [-0.4, -0.2) is 47.2 Å². The van der Waals surface area contributed by atoms with Crippen molar-refractivity contribution in [3.63, 3.8) is 0 Å². The van der Waals surface area contributed by atoms with Crippen LogP contribution < -0.4 is 0 Å². The first-order valence-corrected chi connectivity index (χ1v) is 6.99. The molecule has 0 atom stereocenters. The number of carboxylic acid groups (broad SMARTS) is 1. The molecule has 2 rings (SSSR count). The number of hydrogen-bond acceptors (Lipinski definition) is 3. The predicted octanol–water partition coefficient (Wildman–Crippen LogP) is 1.55. The van der Waals surface area contributed by atoms with Crippen molar-refractivity contribution >= 4 is 11.9 Å². The third kappa shape index (κ3) is 3.82. The number of amides is 1. The van der Waals surface area contributed by atoms with Crippen LogP contribution in [0.25, 0.3) is 0 Å². The maximum atomic E-state index is 12.2. The first-order valence-electron chi connectivity index (χ1n) is 6.99. The summed E-state index contributed by atoms with van der Waals surface area (Å²) in [7, 11) is 0. The second-order valence-corrected chi connectivity index (χ2v) is 5.99. The number of carbonyl (C=O) groups excluding carboxylic acids is 1. The molecule has 21 heavy (non-hydrogen) atoms. The summed E-state index contributed by atoms with van der Waals surface area (Å²) in [4.78, 5) is 24.5. The average molecular weight is 291 g/mol. The van der Waals surface area contributed by atoms with Gasteiger partial charge in [-0.05, 0) is 31.9 Å². The zero-order valence-electron chi connectivity index (χ0n) is 12.7. The number of rotatable bonds is 5. The van der Waals surface area contributed by atoms with E-state index in [4.69, 9.17) is 9.84 Å². The number of carboxylic acids is 1. The molecule has 1 aliphatic heterocycles. The fourth-order valence-electron chi connectivity index (χ4n) is 2.53. The minimum atomic E-state index is -0.989. The minimum absolute atomic E-state index is 0.0556. The zero-order chi connectivity index (χ0) is 15.6. The summed E-state index contributed by atoms with van der Waals surface area (Å²) in [5, 5.41) is 8.62. The van der Waals surface area contributed by atoms with E-state index in [9.17, 15) is 9.59 Å². The summed E-state index contributed by atoms with van der Waals surface area (Å²) >= 11 is 0. The molecule has 1 fully saturated rings. The molecule has 1 amide bonds. The van der Waals surface area contributed by atoms with Gasteiger partial charge in [0.15, 0.2) is 0 Å². The van der Waals surface area contributed by atoms with Crippen molar-refractivity contribution in [2.45, 2.75) is 32.8 Å². The van der Waals surface area contributed by atoms with Crippen molar-refractivity contribution < 1.29 is 19.4 Å². The largest absolute Gasteiger partial charge is 0.480 e. The van der Waals surface area contributed by atoms with Crippen LogP contribution in [-0.2, 0) is 20.7 Å². The van der Waals surface area contributed by atoms with Crippen molar-refractivity contribution in [2.24, 2.45) is 0 Å². The second-order valence-electron chi connectivity index (χ2n) is 5.99. The van der Waals surface area contributed by atoms with Gasteiger partial charge in [-0.1, -0.05) is 23.8 Å². The van der Waals surface area contributed by atoms with E-state index in [0.717, 1.165) is 16.7 Å². The van der Waals surface area contributed by atoms with E-state index < -0.39 is 11.6 Å². The molecule has 1 aromatic rings. The number of hydrogen-bond donors (Lipinski definition) is 1. The van der Waals surface area contributed by atoms with E-state index in [1.165, 1.54) is 0 Å². The molecular formula is C16H21NO4. The van der Waals surface area contributed by atoms with Crippen LogP contribution in [0.3, 0.4) is 0 Å². The second kappa shape index (κ2) is 5.85. The lowest BCUT2D eigenvalue weighted by Gasteiger charge is -2.47. The molecule has 1 heterocycles. The summed E-state index contributed by atoms with van der Waals surface area (Å²) in [6.45, 7) is 6.41. The highest BCUT2D eigenvalue weighted by atomic mass is 16.5. The molecule has 0 saturated carbocycles. The topological polar surface area (TPSA) is 66.8 Å². The van der Waals surface area contributed by atoms with E-state index >= 15 is 0 Å². The van der Waals surface area contributed by atoms with Gasteiger partial charge >= 0.3 is 5.97 Å². The molecule has 0 aliphatic carbocycles. The lowest BCUT2D eigenvalue weighted by molar-refractivity contribution is -0.172. The first kappa shape index (κ1) is 15.5. The van der Waals surface area contributed by atoms with Crippen LogP contribution in [0.2, 0.25) is 0 Å². The number of ether oxygens (including phenoxy) is 1. The molecule has 0 bridgehead atoms. The standard InChI is InChI=1S/C16H21NO4/c1-11-4-5-12(2)13(6-11)7-14(18)17-9-16(3,10-17)21-8-15(19)20/h4-6H,7-10H2,1-3H3,(H,19,20). The molecule has 0 unspecified atom stereocenters. The van der Waals surface area contributed by atoms with E-state index in [1.54, 1.807) is 4.90 Å². The Hall–Kier alpha value is -1.88. The van der Waals surface area contributed by atoms with Crippen molar-refractivity contribution in [1.82, 2.24) is 4.90 Å². The van der Waals surface area contributed by atoms with Gasteiger partial charge in [0.25, 0.3) is 0 Å². The van der Waals surface area contributed by atoms with Crippen LogP contribution >= 0.6 is 0 Å². The molecule has 1 aromatic carbocycles. The van der Waals surface area contributed by atoms with E-state index in [2.05, 4.69) is 0 Å². The fraction of sp³-hybridized carbons (Fsp3) is 0.500. The molecule has 0 aromatic heterocycles. The highest BCUT2D eigenvalue weighted by molar-refractivity contribution is 5.80. The third-order valence-electron chi connectivity index (χ3n) is 3.79. The monoisotopic (exact) mass is 291 g/mol. The zero-order valence-corrected chi connectivity index (χ0v) is 12.7. The Morgan fingerprint density at radius 3 is 2.62 bits per heavy atom. The summed E-state index contributed by atoms with van der Waals surface area (Å²) in [5.41, 5.74) is 2.76. The van der Waals surface area contributed by atoms with Crippen LogP contribution in [0.5, 0.6) is 0 Å². The number of aliphatic carboxylic acids is 1. The first-order chi connectivity index (χ1) is 9.79. The molecular weight excluding hydrogens is 270 g/mol. The highest BCUT2D eigenvalue weighted by Gasteiger charge is 2.42. The predicted molar refractivity (Wildman–Crippen MR) is 78.2 cm³/mol. The number of benzene rings is 1. The molecule has 5 nitrogen and oxygen atoms in total. The SMILES string of the molecule is Cc1ccc(C)c(CC(=O)N2CC(C)(OCC(=O)O)C2)c1. The normalized spacial score (nSPS) is 16.4. The lowest BCUT2D eigenvalue weighted by atomic mass is 9.94. The van der Waals surface area contributed by atoms with Gasteiger partial charge in [0.2, 0.25) is 5.91 Å². The molecule has 1 N–H and O–H groups in total. The number of carbonyl (C=O) groups is 2. The Balaban J connectivity index is 1.89. The number of nitrogens with zero attached hydrogens (tertiary/aromatic N) is 1. The smallest absolute Gasteiger partial charge is 0.329 e. The van der Waals surface area contributed by atoms with Crippen LogP contribution in [0.1, 0.15) is 23.6 Å². The van der Waals surface area contributed by atoms with Crippen LogP contribution in [0.15, 0.2) is 18.2 Å². The number of likely N-dealkylation sites (tertiary alicyclic amines) is 1. The van der Waals surface area contributed by atoms with Crippen LogP contribution in [0, 0.1) is 13.8 Å². The van der Waals surface area contributed by atoms with Gasteiger partial charge in [0, 0.05) is 0 Å². The summed E-state index contributed by atoms with van der Waals surface area (Å²) in [5.74, 6) is -0.934. The molecule has 114 valence electrons. The van der Waals surface area contributed by atoms with E-state index in [1.807, 2.05) is 39.0 Å². The van der Waals surface area contributed by atoms with Gasteiger partial charge in [0.05, 0.1) is 19.5 Å². The van der Waals surface area contributed by atoms with E-state index in [-0.39, 0.29) is 12.5 Å². The van der Waals surface area contributed by atoms with Gasteiger partial charge in [-0.2, -0.15) is 0 Å². The van der Waals surface area contributed by atoms with Gasteiger partial charge in [0.1, 0.15) is 12.2 Å². The van der Waals surface area contributed by atoms with Crippen molar-refractivity contribution in [3.8, 4) is 0 Å². The van der Waals surface area contributed by atoms with Crippen molar-refractivity contribution in [1.29, 1.82) is 0 Å². The van der Waals surface area contributed by atoms with Crippen molar-refractivity contribution in [3.05, 3.63) is 34.9 Å². The Labute approximate surface area is 124 Å². The fourth-order valence-corrected chi connectivity index (χ4v) is 2.53. The molecule has 0 spiro atoms. The van der Waals surface area contributed by atoms with Gasteiger partial charge in [-0.15, -0.1) is 0 Å². The average Bonchev–Trinajstić information content (AvgIpc) is 2.37. The summed E-state index contributed by atoms with van der Waals surface area (Å²) in [6, 6.07) is 6.09. The molecule has 5 heteroatoms. The highest BCUT2D eigenvalue weighted by Crippen LogP contribution is 2.25.